The van der Waals surface area contributed by atoms with Gasteiger partial charge in [-0.3, -0.25) is 9.78 Å². The van der Waals surface area contributed by atoms with Gasteiger partial charge in [0, 0.05) is 30.3 Å². The van der Waals surface area contributed by atoms with Crippen molar-refractivity contribution in [2.24, 2.45) is 0 Å². The highest BCUT2D eigenvalue weighted by molar-refractivity contribution is 9.10. The van der Waals surface area contributed by atoms with Gasteiger partial charge in [0.15, 0.2) is 11.6 Å². The second kappa shape index (κ2) is 11.5. The zero-order valence-electron chi connectivity index (χ0n) is 21.8. The van der Waals surface area contributed by atoms with Crippen LogP contribution in [0.15, 0.2) is 22.8 Å². The highest BCUT2D eigenvalue weighted by Crippen LogP contribution is 2.40. The molecule has 0 radical (unpaired) electrons. The molecule has 0 saturated carbocycles. The molecule has 0 bridgehead atoms. The highest BCUT2D eigenvalue weighted by Gasteiger charge is 2.37. The average Bonchev–Trinajstić information content (AvgIpc) is 2.82. The lowest BCUT2D eigenvalue weighted by atomic mass is 10.1. The van der Waals surface area contributed by atoms with Gasteiger partial charge in [-0.1, -0.05) is 25.4 Å². The van der Waals surface area contributed by atoms with Crippen molar-refractivity contribution in [2.45, 2.75) is 59.1 Å². The van der Waals surface area contributed by atoms with Gasteiger partial charge in [-0.25, -0.2) is 9.18 Å². The number of hydrogen-bond donors (Lipinski definition) is 1. The molecule has 3 rings (SSSR count). The Hall–Kier alpha value is -2.43. The molecule has 1 aromatic heterocycles. The molecule has 8 nitrogen and oxygen atoms in total. The summed E-state index contributed by atoms with van der Waals surface area (Å²) in [5, 5.41) is 9.79. The Bertz CT molecular complexity index is 1190. The van der Waals surface area contributed by atoms with Crippen LogP contribution < -0.4 is 4.74 Å². The Labute approximate surface area is 229 Å². The van der Waals surface area contributed by atoms with Crippen molar-refractivity contribution in [3.05, 3.63) is 50.5 Å². The number of hydrogen-bond acceptors (Lipinski definition) is 6. The zero-order valence-corrected chi connectivity index (χ0v) is 24.1. The average molecular weight is 601 g/mol. The molecule has 1 aliphatic rings. The van der Waals surface area contributed by atoms with Crippen LogP contribution in [0.5, 0.6) is 11.5 Å². The van der Waals surface area contributed by atoms with Gasteiger partial charge in [0.2, 0.25) is 0 Å². The number of aliphatic hydroxyl groups excluding tert-OH is 1. The molecule has 1 N–H and O–H groups in total. The van der Waals surface area contributed by atoms with Gasteiger partial charge in [0.1, 0.15) is 16.9 Å². The minimum Gasteiger partial charge on any atom is -0.454 e. The fourth-order valence-corrected chi connectivity index (χ4v) is 4.52. The van der Waals surface area contributed by atoms with E-state index in [0.29, 0.717) is 11.4 Å². The number of halogens is 3. The molecule has 2 heterocycles. The standard InChI is InChI=1S/C26H32BrClFN3O5/c1-14(2)22-23(15(3)7-8-30-22)36-18-11-17(27)20(28)21(29)19(18)24(34)32-10-9-31(12-16(32)13-33)25(35)37-26(4,5)6/h7-8,11,14,16,33H,9-10,12-13H2,1-6H3. The van der Waals surface area contributed by atoms with E-state index >= 15 is 4.39 Å². The van der Waals surface area contributed by atoms with Crippen LogP contribution in [0.3, 0.4) is 0 Å². The van der Waals surface area contributed by atoms with Crippen molar-refractivity contribution in [1.82, 2.24) is 14.8 Å². The number of aryl methyl sites for hydroxylation is 1. The summed E-state index contributed by atoms with van der Waals surface area (Å²) in [5.74, 6) is -1.27. The predicted molar refractivity (Wildman–Crippen MR) is 142 cm³/mol. The first-order valence-electron chi connectivity index (χ1n) is 12.0. The third-order valence-electron chi connectivity index (χ3n) is 5.83. The monoisotopic (exact) mass is 599 g/mol. The molecule has 0 spiro atoms. The molecule has 1 fully saturated rings. The van der Waals surface area contributed by atoms with Gasteiger partial charge >= 0.3 is 6.09 Å². The number of piperazine rings is 1. The van der Waals surface area contributed by atoms with Crippen LogP contribution in [0.2, 0.25) is 5.02 Å². The van der Waals surface area contributed by atoms with Crippen LogP contribution >= 0.6 is 27.5 Å². The number of aromatic nitrogens is 1. The first-order chi connectivity index (χ1) is 17.2. The van der Waals surface area contributed by atoms with E-state index in [1.165, 1.54) is 15.9 Å². The first-order valence-corrected chi connectivity index (χ1v) is 13.1. The largest absolute Gasteiger partial charge is 0.454 e. The van der Waals surface area contributed by atoms with Crippen molar-refractivity contribution in [1.29, 1.82) is 0 Å². The lowest BCUT2D eigenvalue weighted by molar-refractivity contribution is -0.00262. The minimum absolute atomic E-state index is 0.00865. The SMILES string of the molecule is Cc1ccnc(C(C)C)c1Oc1cc(Br)c(Cl)c(F)c1C(=O)N1CCN(C(=O)OC(C)(C)C)CC1CO. The number of ether oxygens (including phenoxy) is 2. The minimum atomic E-state index is -0.949. The third-order valence-corrected chi connectivity index (χ3v) is 7.06. The predicted octanol–water partition coefficient (Wildman–Crippen LogP) is 5.91. The van der Waals surface area contributed by atoms with Crippen molar-refractivity contribution in [3.8, 4) is 11.5 Å². The fourth-order valence-electron chi connectivity index (χ4n) is 3.99. The van der Waals surface area contributed by atoms with Gasteiger partial charge in [0.05, 0.1) is 23.4 Å². The van der Waals surface area contributed by atoms with Gasteiger partial charge in [-0.05, 0) is 67.2 Å². The van der Waals surface area contributed by atoms with Gasteiger partial charge < -0.3 is 24.4 Å². The lowest BCUT2D eigenvalue weighted by Gasteiger charge is -2.41. The van der Waals surface area contributed by atoms with Crippen LogP contribution in [-0.4, -0.2) is 69.8 Å². The summed E-state index contributed by atoms with van der Waals surface area (Å²) in [5.41, 5.74) is 0.365. The maximum absolute atomic E-state index is 15.6. The molecule has 202 valence electrons. The summed E-state index contributed by atoms with van der Waals surface area (Å²) in [7, 11) is 0. The maximum atomic E-state index is 15.6. The summed E-state index contributed by atoms with van der Waals surface area (Å²) < 4.78 is 27.4. The van der Waals surface area contributed by atoms with Gasteiger partial charge in [-0.2, -0.15) is 0 Å². The number of benzene rings is 1. The Morgan fingerprint density at radius 1 is 1.32 bits per heavy atom. The molecule has 1 unspecified atom stereocenters. The van der Waals surface area contributed by atoms with Gasteiger partial charge in [-0.15, -0.1) is 0 Å². The zero-order chi connectivity index (χ0) is 27.7. The van der Waals surface area contributed by atoms with E-state index in [1.54, 1.807) is 33.0 Å². The summed E-state index contributed by atoms with van der Waals surface area (Å²) in [6, 6.07) is 2.43. The van der Waals surface area contributed by atoms with E-state index in [-0.39, 0.29) is 46.4 Å². The summed E-state index contributed by atoms with van der Waals surface area (Å²) in [4.78, 5) is 33.4. The number of aliphatic hydroxyl groups is 1. The van der Waals surface area contributed by atoms with Crippen LogP contribution in [0, 0.1) is 12.7 Å². The molecule has 1 aliphatic heterocycles. The van der Waals surface area contributed by atoms with E-state index in [0.717, 1.165) is 5.56 Å². The topological polar surface area (TPSA) is 92.2 Å². The molecular formula is C26H32BrClFN3O5. The molecular weight excluding hydrogens is 569 g/mol. The molecule has 2 amide bonds. The summed E-state index contributed by atoms with van der Waals surface area (Å²) in [6.45, 7) is 10.8. The van der Waals surface area contributed by atoms with E-state index in [2.05, 4.69) is 20.9 Å². The van der Waals surface area contributed by atoms with Crippen molar-refractivity contribution >= 4 is 39.5 Å². The molecule has 0 aliphatic carbocycles. The number of carbonyl (C=O) groups is 2. The normalized spacial score (nSPS) is 16.2. The summed E-state index contributed by atoms with van der Waals surface area (Å²) in [6.07, 6.45) is 1.12. The van der Waals surface area contributed by atoms with Crippen LogP contribution in [0.1, 0.15) is 62.2 Å². The molecule has 2 aromatic rings. The van der Waals surface area contributed by atoms with Crippen molar-refractivity contribution in [2.75, 3.05) is 26.2 Å². The Kier molecular flexibility index (Phi) is 9.08. The smallest absolute Gasteiger partial charge is 0.410 e. The number of carbonyl (C=O) groups excluding carboxylic acids is 2. The second-order valence-corrected chi connectivity index (χ2v) is 11.5. The van der Waals surface area contributed by atoms with E-state index < -0.39 is 36.1 Å². The molecule has 37 heavy (non-hydrogen) atoms. The van der Waals surface area contributed by atoms with E-state index in [1.807, 2.05) is 20.8 Å². The van der Waals surface area contributed by atoms with Crippen LogP contribution in [0.4, 0.5) is 9.18 Å². The summed E-state index contributed by atoms with van der Waals surface area (Å²) >= 11 is 9.41. The van der Waals surface area contributed by atoms with E-state index in [9.17, 15) is 14.7 Å². The highest BCUT2D eigenvalue weighted by atomic mass is 79.9. The lowest BCUT2D eigenvalue weighted by Crippen LogP contribution is -2.58. The Morgan fingerprint density at radius 3 is 2.59 bits per heavy atom. The van der Waals surface area contributed by atoms with Gasteiger partial charge in [0.25, 0.3) is 5.91 Å². The second-order valence-electron chi connectivity index (χ2n) is 10.2. The van der Waals surface area contributed by atoms with E-state index in [4.69, 9.17) is 21.1 Å². The van der Waals surface area contributed by atoms with Crippen LogP contribution in [-0.2, 0) is 4.74 Å². The number of amides is 2. The van der Waals surface area contributed by atoms with Crippen LogP contribution in [0.25, 0.3) is 0 Å². The Morgan fingerprint density at radius 2 is 2.00 bits per heavy atom. The van der Waals surface area contributed by atoms with Crippen molar-refractivity contribution in [3.63, 3.8) is 0 Å². The van der Waals surface area contributed by atoms with Crippen molar-refractivity contribution < 1.29 is 28.6 Å². The molecule has 1 aromatic carbocycles. The number of nitrogens with zero attached hydrogens (tertiary/aromatic N) is 3. The molecule has 1 saturated heterocycles. The number of pyridine rings is 1. The Balaban J connectivity index is 1.98. The maximum Gasteiger partial charge on any atom is 0.410 e. The third kappa shape index (κ3) is 6.53. The number of rotatable bonds is 5. The fraction of sp³-hybridized carbons (Fsp3) is 0.500. The quantitative estimate of drug-likeness (QED) is 0.429. The molecule has 11 heteroatoms. The first kappa shape index (κ1) is 29.1. The molecule has 1 atom stereocenters.